The summed E-state index contributed by atoms with van der Waals surface area (Å²) in [6.45, 7) is 3.30. The number of aromatic nitrogens is 1. The number of morpholine rings is 1. The van der Waals surface area contributed by atoms with E-state index in [2.05, 4.69) is 15.0 Å². The number of nitrogens with zero attached hydrogens (tertiary/aromatic N) is 3. The van der Waals surface area contributed by atoms with Gasteiger partial charge >= 0.3 is 5.97 Å². The molecule has 1 aromatic carbocycles. The van der Waals surface area contributed by atoms with E-state index in [1.807, 2.05) is 4.90 Å². The predicted molar refractivity (Wildman–Crippen MR) is 126 cm³/mol. The second kappa shape index (κ2) is 10.5. The lowest BCUT2D eigenvalue weighted by molar-refractivity contribution is 0.0599. The fourth-order valence-electron chi connectivity index (χ4n) is 4.06. The maximum absolute atomic E-state index is 13.2. The number of piperidine rings is 1. The standard InChI is InChI=1S/C23H28N4O6S/c1-32-23(29)17-5-7-19(24-16-17)22(28)25-20-15-18(34(30,31)27-9-3-2-4-10-27)6-8-21(20)26-11-13-33-14-12-26/h5-8,15-16H,2-4,9-14H2,1H3,(H,25,28). The van der Waals surface area contributed by atoms with E-state index in [-0.39, 0.29) is 16.2 Å². The van der Waals surface area contributed by atoms with Gasteiger partial charge in [0.05, 0.1) is 42.2 Å². The van der Waals surface area contributed by atoms with Gasteiger partial charge in [-0.05, 0) is 43.2 Å². The van der Waals surface area contributed by atoms with Crippen molar-refractivity contribution in [3.05, 3.63) is 47.8 Å². The quantitative estimate of drug-likeness (QED) is 0.615. The van der Waals surface area contributed by atoms with Gasteiger partial charge in [-0.1, -0.05) is 6.42 Å². The highest BCUT2D eigenvalue weighted by Crippen LogP contribution is 2.32. The molecule has 2 aliphatic heterocycles. The Labute approximate surface area is 198 Å². The van der Waals surface area contributed by atoms with Gasteiger partial charge in [0.25, 0.3) is 5.91 Å². The van der Waals surface area contributed by atoms with Crippen LogP contribution < -0.4 is 10.2 Å². The van der Waals surface area contributed by atoms with Gasteiger partial charge in [0, 0.05) is 32.4 Å². The average molecular weight is 489 g/mol. The number of nitrogens with one attached hydrogen (secondary N) is 1. The first-order chi connectivity index (χ1) is 16.4. The summed E-state index contributed by atoms with van der Waals surface area (Å²) in [5.74, 6) is -1.07. The van der Waals surface area contributed by atoms with E-state index in [1.165, 1.54) is 35.8 Å². The zero-order chi connectivity index (χ0) is 24.1. The average Bonchev–Trinajstić information content (AvgIpc) is 2.89. The lowest BCUT2D eigenvalue weighted by atomic mass is 10.2. The Morgan fingerprint density at radius 2 is 1.76 bits per heavy atom. The Hall–Kier alpha value is -3.02. The van der Waals surface area contributed by atoms with Crippen molar-refractivity contribution in [3.63, 3.8) is 0 Å². The largest absolute Gasteiger partial charge is 0.465 e. The van der Waals surface area contributed by atoms with Gasteiger partial charge in [-0.25, -0.2) is 13.2 Å². The lowest BCUT2D eigenvalue weighted by Crippen LogP contribution is -2.37. The molecule has 2 aromatic rings. The third-order valence-electron chi connectivity index (χ3n) is 5.94. The van der Waals surface area contributed by atoms with Crippen molar-refractivity contribution >= 4 is 33.3 Å². The third kappa shape index (κ3) is 5.21. The number of ether oxygens (including phenoxy) is 2. The molecule has 0 atom stereocenters. The highest BCUT2D eigenvalue weighted by Gasteiger charge is 2.28. The van der Waals surface area contributed by atoms with E-state index in [1.54, 1.807) is 12.1 Å². The normalized spacial score (nSPS) is 17.3. The molecule has 182 valence electrons. The van der Waals surface area contributed by atoms with Crippen LogP contribution in [0.5, 0.6) is 0 Å². The molecule has 3 heterocycles. The predicted octanol–water partition coefficient (Wildman–Crippen LogP) is 2.13. The van der Waals surface area contributed by atoms with Crippen LogP contribution in [0.25, 0.3) is 0 Å². The third-order valence-corrected chi connectivity index (χ3v) is 7.83. The van der Waals surface area contributed by atoms with Crippen LogP contribution in [0.15, 0.2) is 41.4 Å². The zero-order valence-electron chi connectivity index (χ0n) is 19.0. The van der Waals surface area contributed by atoms with E-state index in [0.29, 0.717) is 50.8 Å². The number of esters is 1. The number of carbonyl (C=O) groups is 2. The van der Waals surface area contributed by atoms with Gasteiger partial charge in [0.15, 0.2) is 0 Å². The molecule has 1 N–H and O–H groups in total. The number of rotatable bonds is 6. The Morgan fingerprint density at radius 3 is 2.41 bits per heavy atom. The van der Waals surface area contributed by atoms with E-state index in [9.17, 15) is 18.0 Å². The number of amides is 1. The number of sulfonamides is 1. The summed E-state index contributed by atoms with van der Waals surface area (Å²) in [5.41, 5.74) is 1.40. The smallest absolute Gasteiger partial charge is 0.339 e. The van der Waals surface area contributed by atoms with Gasteiger partial charge in [0.1, 0.15) is 5.69 Å². The topological polar surface area (TPSA) is 118 Å². The van der Waals surface area contributed by atoms with Crippen molar-refractivity contribution in [1.82, 2.24) is 9.29 Å². The number of anilines is 2. The van der Waals surface area contributed by atoms with Crippen LogP contribution in [-0.2, 0) is 19.5 Å². The molecule has 1 aromatic heterocycles. The summed E-state index contributed by atoms with van der Waals surface area (Å²) in [7, 11) is -2.41. The van der Waals surface area contributed by atoms with Crippen molar-refractivity contribution in [2.24, 2.45) is 0 Å². The number of benzene rings is 1. The first-order valence-electron chi connectivity index (χ1n) is 11.2. The molecule has 34 heavy (non-hydrogen) atoms. The minimum atomic E-state index is -3.68. The first-order valence-corrected chi connectivity index (χ1v) is 12.7. The van der Waals surface area contributed by atoms with Crippen molar-refractivity contribution in [1.29, 1.82) is 0 Å². The summed E-state index contributed by atoms with van der Waals surface area (Å²) in [6.07, 6.45) is 3.95. The van der Waals surface area contributed by atoms with E-state index in [0.717, 1.165) is 19.3 Å². The second-order valence-corrected chi connectivity index (χ2v) is 10.1. The molecule has 2 saturated heterocycles. The number of hydrogen-bond donors (Lipinski definition) is 1. The first kappa shape index (κ1) is 24.1. The van der Waals surface area contributed by atoms with Crippen LogP contribution in [0.1, 0.15) is 40.1 Å². The molecule has 2 fully saturated rings. The molecule has 0 spiro atoms. The van der Waals surface area contributed by atoms with Crippen LogP contribution in [-0.4, -0.2) is 76.1 Å². The van der Waals surface area contributed by atoms with Crippen molar-refractivity contribution < 1.29 is 27.5 Å². The summed E-state index contributed by atoms with van der Waals surface area (Å²) in [5, 5.41) is 2.82. The van der Waals surface area contributed by atoms with Gasteiger partial charge in [-0.3, -0.25) is 9.78 Å². The Balaban J connectivity index is 1.64. The summed E-state index contributed by atoms with van der Waals surface area (Å²) in [4.78, 5) is 30.8. The summed E-state index contributed by atoms with van der Waals surface area (Å²) >= 11 is 0. The fourth-order valence-corrected chi connectivity index (χ4v) is 5.61. The molecule has 11 heteroatoms. The SMILES string of the molecule is COC(=O)c1ccc(C(=O)Nc2cc(S(=O)(=O)N3CCCCC3)ccc2N2CCOCC2)nc1. The minimum absolute atomic E-state index is 0.0878. The second-order valence-electron chi connectivity index (χ2n) is 8.12. The van der Waals surface area contributed by atoms with E-state index < -0.39 is 21.9 Å². The fraction of sp³-hybridized carbons (Fsp3) is 0.435. The molecule has 10 nitrogen and oxygen atoms in total. The van der Waals surface area contributed by atoms with Crippen LogP contribution in [0, 0.1) is 0 Å². The number of methoxy groups -OCH3 is 1. The van der Waals surface area contributed by atoms with Crippen molar-refractivity contribution in [3.8, 4) is 0 Å². The Kier molecular flexibility index (Phi) is 7.44. The molecular weight excluding hydrogens is 460 g/mol. The molecular formula is C23H28N4O6S. The van der Waals surface area contributed by atoms with Crippen molar-refractivity contribution in [2.75, 3.05) is 56.7 Å². The number of pyridine rings is 1. The summed E-state index contributed by atoms with van der Waals surface area (Å²) in [6, 6.07) is 7.70. The van der Waals surface area contributed by atoms with Crippen LogP contribution in [0.2, 0.25) is 0 Å². The van der Waals surface area contributed by atoms with E-state index in [4.69, 9.17) is 4.74 Å². The zero-order valence-corrected chi connectivity index (χ0v) is 19.8. The maximum Gasteiger partial charge on any atom is 0.339 e. The van der Waals surface area contributed by atoms with E-state index >= 15 is 0 Å². The van der Waals surface area contributed by atoms with Gasteiger partial charge in [0.2, 0.25) is 10.0 Å². The molecule has 0 bridgehead atoms. The maximum atomic E-state index is 13.2. The highest BCUT2D eigenvalue weighted by atomic mass is 32.2. The molecule has 0 radical (unpaired) electrons. The minimum Gasteiger partial charge on any atom is -0.465 e. The Bertz CT molecular complexity index is 1140. The molecule has 1 amide bonds. The molecule has 0 unspecified atom stereocenters. The molecule has 2 aliphatic rings. The van der Waals surface area contributed by atoms with Gasteiger partial charge in [-0.15, -0.1) is 0 Å². The molecule has 4 rings (SSSR count). The Morgan fingerprint density at radius 1 is 1.03 bits per heavy atom. The monoisotopic (exact) mass is 488 g/mol. The number of hydrogen-bond acceptors (Lipinski definition) is 8. The number of carbonyl (C=O) groups excluding carboxylic acids is 2. The van der Waals surface area contributed by atoms with Crippen molar-refractivity contribution in [2.45, 2.75) is 24.2 Å². The van der Waals surface area contributed by atoms with Crippen LogP contribution in [0.3, 0.4) is 0 Å². The van der Waals surface area contributed by atoms with Crippen LogP contribution in [0.4, 0.5) is 11.4 Å². The van der Waals surface area contributed by atoms with Gasteiger partial charge in [-0.2, -0.15) is 4.31 Å². The highest BCUT2D eigenvalue weighted by molar-refractivity contribution is 7.89. The summed E-state index contributed by atoms with van der Waals surface area (Å²) < 4.78 is 38.1. The van der Waals surface area contributed by atoms with Gasteiger partial charge < -0.3 is 19.7 Å². The molecule has 0 saturated carbocycles. The molecule has 0 aliphatic carbocycles. The van der Waals surface area contributed by atoms with Crippen LogP contribution >= 0.6 is 0 Å². The lowest BCUT2D eigenvalue weighted by Gasteiger charge is -2.31.